The number of ketones is 1. The predicted molar refractivity (Wildman–Crippen MR) is 136 cm³/mol. The van der Waals surface area contributed by atoms with E-state index in [4.69, 9.17) is 16.3 Å². The summed E-state index contributed by atoms with van der Waals surface area (Å²) in [5.41, 5.74) is 0.142. The number of halogens is 1. The first-order valence-electron chi connectivity index (χ1n) is 11.2. The van der Waals surface area contributed by atoms with E-state index in [-0.39, 0.29) is 24.5 Å². The van der Waals surface area contributed by atoms with Crippen LogP contribution < -0.4 is 21.7 Å². The highest BCUT2D eigenvalue weighted by Gasteiger charge is 2.15. The Bertz CT molecular complexity index is 1540. The molecule has 0 fully saturated rings. The van der Waals surface area contributed by atoms with E-state index in [9.17, 15) is 14.4 Å². The zero-order chi connectivity index (χ0) is 25.7. The quantitative estimate of drug-likeness (QED) is 0.392. The maximum Gasteiger partial charge on any atom is 0.335 e. The molecular formula is C26H24ClN5O4. The molecule has 9 nitrogen and oxygen atoms in total. The van der Waals surface area contributed by atoms with Crippen LogP contribution in [0.3, 0.4) is 0 Å². The van der Waals surface area contributed by atoms with Gasteiger partial charge in [-0.2, -0.15) is 0 Å². The van der Waals surface area contributed by atoms with Crippen LogP contribution in [-0.4, -0.2) is 24.9 Å². The van der Waals surface area contributed by atoms with Crippen LogP contribution in [0.15, 0.2) is 87.5 Å². The Morgan fingerprint density at radius 1 is 1.06 bits per heavy atom. The molecule has 2 aromatic carbocycles. The number of hydrogen-bond acceptors (Lipinski definition) is 6. The maximum absolute atomic E-state index is 13.4. The fourth-order valence-corrected chi connectivity index (χ4v) is 3.49. The van der Waals surface area contributed by atoms with Gasteiger partial charge in [0.25, 0.3) is 0 Å². The largest absolute Gasteiger partial charge is 0.439 e. The Morgan fingerprint density at radius 2 is 1.78 bits per heavy atom. The summed E-state index contributed by atoms with van der Waals surface area (Å²) in [5.74, 6) is 0.397. The van der Waals surface area contributed by atoms with Gasteiger partial charge >= 0.3 is 11.4 Å². The van der Waals surface area contributed by atoms with Gasteiger partial charge in [0.2, 0.25) is 11.5 Å². The molecule has 1 N–H and O–H groups in total. The van der Waals surface area contributed by atoms with Crippen molar-refractivity contribution < 1.29 is 9.53 Å². The normalized spacial score (nSPS) is 12.4. The average Bonchev–Trinajstić information content (AvgIpc) is 2.87. The summed E-state index contributed by atoms with van der Waals surface area (Å²) in [6, 6.07) is 19.2. The number of nitrogens with one attached hydrogen (secondary N) is 1. The van der Waals surface area contributed by atoms with E-state index < -0.39 is 17.3 Å². The molecule has 36 heavy (non-hydrogen) atoms. The molecule has 0 bridgehead atoms. The molecule has 10 heteroatoms. The molecule has 0 unspecified atom stereocenters. The number of aromatic amines is 1. The fourth-order valence-electron chi connectivity index (χ4n) is 3.36. The number of pyridine rings is 1. The number of rotatable bonds is 8. The lowest BCUT2D eigenvalue weighted by Gasteiger charge is -2.13. The molecule has 0 saturated carbocycles. The molecule has 0 saturated heterocycles. The van der Waals surface area contributed by atoms with Crippen LogP contribution in [0.2, 0.25) is 5.02 Å². The summed E-state index contributed by atoms with van der Waals surface area (Å²) < 4.78 is 8.07. The molecule has 0 aliphatic carbocycles. The Kier molecular flexibility index (Phi) is 7.60. The van der Waals surface area contributed by atoms with Gasteiger partial charge in [0, 0.05) is 29.7 Å². The smallest absolute Gasteiger partial charge is 0.335 e. The fraction of sp³-hybridized carbons (Fsp3) is 0.192. The third kappa shape index (κ3) is 6.05. The van der Waals surface area contributed by atoms with Gasteiger partial charge in [0.1, 0.15) is 11.5 Å². The van der Waals surface area contributed by atoms with Crippen LogP contribution in [0.1, 0.15) is 19.4 Å². The summed E-state index contributed by atoms with van der Waals surface area (Å²) in [4.78, 5) is 49.2. The van der Waals surface area contributed by atoms with Crippen LogP contribution >= 0.6 is 11.6 Å². The molecule has 0 aliphatic heterocycles. The maximum atomic E-state index is 13.4. The number of carbonyl (C=O) groups is 1. The Morgan fingerprint density at radius 3 is 2.42 bits per heavy atom. The molecule has 2 heterocycles. The molecular weight excluding hydrogens is 482 g/mol. The number of nitrogens with zero attached hydrogens (tertiary/aromatic N) is 4. The highest BCUT2D eigenvalue weighted by molar-refractivity contribution is 6.30. The molecule has 4 rings (SSSR count). The first-order valence-corrected chi connectivity index (χ1v) is 11.6. The second-order valence-electron chi connectivity index (χ2n) is 8.25. The molecule has 0 amide bonds. The summed E-state index contributed by atoms with van der Waals surface area (Å²) >= 11 is 6.00. The number of carbonyl (C=O) groups excluding carboxylic acids is 1. The number of Topliss-reactive ketones (excluding diaryl/α,β-unsaturated/α-hetero) is 1. The SMILES string of the molecule is CC(=O)[C@@H](C)Cn1c(=O)[nH]/c(=N\c2ccc(Oc3ccccn3)cc2)n(Cc2ccc(Cl)cc2)c1=O. The highest BCUT2D eigenvalue weighted by atomic mass is 35.5. The van der Waals surface area contributed by atoms with Gasteiger partial charge in [0.05, 0.1) is 12.2 Å². The van der Waals surface area contributed by atoms with E-state index in [1.807, 2.05) is 6.07 Å². The van der Waals surface area contributed by atoms with Crippen LogP contribution in [-0.2, 0) is 17.9 Å². The van der Waals surface area contributed by atoms with Crippen molar-refractivity contribution in [1.29, 1.82) is 0 Å². The Hall–Kier alpha value is -4.24. The summed E-state index contributed by atoms with van der Waals surface area (Å²) in [6.45, 7) is 3.20. The van der Waals surface area contributed by atoms with Gasteiger partial charge in [0.15, 0.2) is 0 Å². The third-order valence-corrected chi connectivity index (χ3v) is 5.77. The minimum atomic E-state index is -0.644. The number of hydrogen-bond donors (Lipinski definition) is 1. The number of benzene rings is 2. The first-order chi connectivity index (χ1) is 17.3. The summed E-state index contributed by atoms with van der Waals surface area (Å²) in [6.07, 6.45) is 1.63. The van der Waals surface area contributed by atoms with E-state index in [1.54, 1.807) is 73.8 Å². The zero-order valence-electron chi connectivity index (χ0n) is 19.7. The molecule has 0 aliphatic rings. The number of aromatic nitrogens is 4. The molecule has 4 aromatic rings. The van der Waals surface area contributed by atoms with Gasteiger partial charge in [-0.05, 0) is 55.0 Å². The standard InChI is InChI=1S/C26H24ClN5O4/c1-17(18(2)33)15-32-25(34)30-24(31(26(32)35)16-19-6-8-20(27)9-7-19)29-21-10-12-22(13-11-21)36-23-5-3-4-14-28-23/h3-14,17H,15-16H2,1-2H3,(H,29,30,34)/t17-/m0/s1. The lowest BCUT2D eigenvalue weighted by atomic mass is 10.1. The first kappa shape index (κ1) is 24.9. The van der Waals surface area contributed by atoms with Crippen LogP contribution in [0.25, 0.3) is 0 Å². The predicted octanol–water partition coefficient (Wildman–Crippen LogP) is 3.68. The van der Waals surface area contributed by atoms with Crippen molar-refractivity contribution in [3.63, 3.8) is 0 Å². The van der Waals surface area contributed by atoms with Crippen molar-refractivity contribution in [1.82, 2.24) is 19.1 Å². The molecule has 1 atom stereocenters. The lowest BCUT2D eigenvalue weighted by Crippen LogP contribution is -2.51. The Balaban J connectivity index is 1.75. The van der Waals surface area contributed by atoms with E-state index in [0.717, 1.165) is 10.1 Å². The van der Waals surface area contributed by atoms with Gasteiger partial charge in [-0.3, -0.25) is 14.3 Å². The van der Waals surface area contributed by atoms with Crippen LogP contribution in [0.5, 0.6) is 11.6 Å². The number of H-pyrrole nitrogens is 1. The van der Waals surface area contributed by atoms with Crippen molar-refractivity contribution in [2.75, 3.05) is 0 Å². The second kappa shape index (κ2) is 11.0. The molecule has 0 spiro atoms. The van der Waals surface area contributed by atoms with Crippen molar-refractivity contribution in [3.8, 4) is 11.6 Å². The van der Waals surface area contributed by atoms with E-state index in [0.29, 0.717) is 22.3 Å². The average molecular weight is 506 g/mol. The van der Waals surface area contributed by atoms with Crippen molar-refractivity contribution in [2.24, 2.45) is 10.9 Å². The Labute approximate surface area is 211 Å². The minimum Gasteiger partial charge on any atom is -0.439 e. The van der Waals surface area contributed by atoms with Gasteiger partial charge in [-0.15, -0.1) is 0 Å². The zero-order valence-corrected chi connectivity index (χ0v) is 20.5. The van der Waals surface area contributed by atoms with Crippen molar-refractivity contribution >= 4 is 23.1 Å². The van der Waals surface area contributed by atoms with E-state index >= 15 is 0 Å². The topological polar surface area (TPSA) is 111 Å². The summed E-state index contributed by atoms with van der Waals surface area (Å²) in [5, 5.41) is 0.566. The minimum absolute atomic E-state index is 0.0377. The van der Waals surface area contributed by atoms with Gasteiger partial charge < -0.3 is 4.74 Å². The van der Waals surface area contributed by atoms with E-state index in [2.05, 4.69) is 15.0 Å². The highest BCUT2D eigenvalue weighted by Crippen LogP contribution is 2.22. The van der Waals surface area contributed by atoms with Crippen molar-refractivity contribution in [2.45, 2.75) is 26.9 Å². The lowest BCUT2D eigenvalue weighted by molar-refractivity contribution is -0.120. The van der Waals surface area contributed by atoms with Crippen LogP contribution in [0, 0.1) is 5.92 Å². The van der Waals surface area contributed by atoms with E-state index in [1.165, 1.54) is 11.5 Å². The summed E-state index contributed by atoms with van der Waals surface area (Å²) in [7, 11) is 0. The van der Waals surface area contributed by atoms with Crippen molar-refractivity contribution in [3.05, 3.63) is 110 Å². The van der Waals surface area contributed by atoms with Gasteiger partial charge in [-0.1, -0.05) is 36.7 Å². The molecule has 0 radical (unpaired) electrons. The monoisotopic (exact) mass is 505 g/mol. The van der Waals surface area contributed by atoms with Gasteiger partial charge in [-0.25, -0.2) is 24.1 Å². The third-order valence-electron chi connectivity index (χ3n) is 5.52. The molecule has 184 valence electrons. The molecule has 2 aromatic heterocycles. The number of ether oxygens (including phenoxy) is 1. The second-order valence-corrected chi connectivity index (χ2v) is 8.68. The van der Waals surface area contributed by atoms with Crippen LogP contribution in [0.4, 0.5) is 5.69 Å².